The Morgan fingerprint density at radius 2 is 0.560 bits per heavy atom. The van der Waals surface area contributed by atoms with Crippen molar-refractivity contribution in [2.45, 2.75) is 316 Å². The average molecular weight is 1440 g/mol. The highest BCUT2D eigenvalue weighted by Crippen LogP contribution is 2.45. The predicted octanol–water partition coefficient (Wildman–Crippen LogP) is 22.1. The lowest BCUT2D eigenvalue weighted by Crippen LogP contribution is -2.30. The lowest BCUT2D eigenvalue weighted by Gasteiger charge is -2.21. The van der Waals surface area contributed by atoms with Crippen molar-refractivity contribution in [1.29, 1.82) is 0 Å². The molecule has 0 aromatic carbocycles. The Balaban J connectivity index is 5.43. The topological polar surface area (TPSA) is 237 Å². The number of rotatable bonds is 71. The van der Waals surface area contributed by atoms with Gasteiger partial charge in [-0.3, -0.25) is 37.3 Å². The summed E-state index contributed by atoms with van der Waals surface area (Å²) in [5, 5.41) is 10.6. The quantitative estimate of drug-likeness (QED) is 0.0169. The van der Waals surface area contributed by atoms with E-state index in [0.29, 0.717) is 25.7 Å². The molecule has 0 rings (SSSR count). The first kappa shape index (κ1) is 95.2. The monoisotopic (exact) mass is 1440 g/mol. The van der Waals surface area contributed by atoms with Crippen molar-refractivity contribution in [3.8, 4) is 0 Å². The number of carbonyl (C=O) groups is 4. The molecule has 572 valence electrons. The fraction of sp³-hybridized carbons (Fsp3) is 0.679. The van der Waals surface area contributed by atoms with Gasteiger partial charge in [-0.25, -0.2) is 9.13 Å². The minimum atomic E-state index is -5.00. The maximum atomic E-state index is 13.1. The van der Waals surface area contributed by atoms with E-state index in [9.17, 15) is 43.2 Å². The van der Waals surface area contributed by atoms with Crippen LogP contribution in [0.4, 0.5) is 0 Å². The number of unbranched alkanes of at least 4 members (excludes halogenated alkanes) is 24. The molecule has 19 heteroatoms. The van der Waals surface area contributed by atoms with E-state index in [-0.39, 0.29) is 25.7 Å². The van der Waals surface area contributed by atoms with Gasteiger partial charge in [-0.05, 0) is 141 Å². The lowest BCUT2D eigenvalue weighted by molar-refractivity contribution is -0.161. The Hall–Kier alpha value is -4.80. The summed E-state index contributed by atoms with van der Waals surface area (Å²) in [6.07, 6.45) is 80.4. The molecule has 0 saturated carbocycles. The highest BCUT2D eigenvalue weighted by atomic mass is 31.2. The lowest BCUT2D eigenvalue weighted by atomic mass is 10.1. The Morgan fingerprint density at radius 1 is 0.300 bits per heavy atom. The van der Waals surface area contributed by atoms with Crippen molar-refractivity contribution < 1.29 is 80.2 Å². The maximum Gasteiger partial charge on any atom is 0.472 e. The summed E-state index contributed by atoms with van der Waals surface area (Å²) in [4.78, 5) is 72.8. The van der Waals surface area contributed by atoms with Crippen LogP contribution in [-0.2, 0) is 65.4 Å². The fourth-order valence-electron chi connectivity index (χ4n) is 9.80. The molecular weight excluding hydrogens is 1310 g/mol. The summed E-state index contributed by atoms with van der Waals surface area (Å²) in [7, 11) is -9.99. The number of hydrogen-bond acceptors (Lipinski definition) is 15. The first-order chi connectivity index (χ1) is 48.7. The number of esters is 4. The van der Waals surface area contributed by atoms with Crippen LogP contribution in [0.15, 0.2) is 134 Å². The second-order valence-corrected chi connectivity index (χ2v) is 28.1. The van der Waals surface area contributed by atoms with E-state index in [4.69, 9.17) is 37.0 Å². The molecule has 100 heavy (non-hydrogen) atoms. The minimum Gasteiger partial charge on any atom is -0.462 e. The van der Waals surface area contributed by atoms with E-state index < -0.39 is 97.5 Å². The Labute approximate surface area is 605 Å². The first-order valence-corrected chi connectivity index (χ1v) is 41.4. The molecule has 0 aliphatic heterocycles. The summed E-state index contributed by atoms with van der Waals surface area (Å²) in [6.45, 7) is 4.45. The molecule has 0 amide bonds. The third kappa shape index (κ3) is 71.6. The average Bonchev–Trinajstić information content (AvgIpc) is 0.988. The zero-order chi connectivity index (χ0) is 73.2. The normalized spacial score (nSPS) is 14.7. The van der Waals surface area contributed by atoms with Gasteiger partial charge >= 0.3 is 39.5 Å². The molecule has 5 unspecified atom stereocenters. The van der Waals surface area contributed by atoms with Crippen LogP contribution < -0.4 is 0 Å². The Kier molecular flexibility index (Phi) is 69.1. The number of ether oxygens (including phenoxy) is 4. The summed E-state index contributed by atoms with van der Waals surface area (Å²) in [5.74, 6) is -2.36. The van der Waals surface area contributed by atoms with Gasteiger partial charge in [0, 0.05) is 19.3 Å². The van der Waals surface area contributed by atoms with Crippen molar-refractivity contribution in [2.24, 2.45) is 0 Å². The molecule has 0 aromatic rings. The van der Waals surface area contributed by atoms with Gasteiger partial charge in [0.25, 0.3) is 0 Å². The van der Waals surface area contributed by atoms with Crippen LogP contribution in [0.5, 0.6) is 0 Å². The van der Waals surface area contributed by atoms with E-state index in [2.05, 4.69) is 137 Å². The molecule has 0 aromatic heterocycles. The Morgan fingerprint density at radius 3 is 0.920 bits per heavy atom. The molecule has 0 spiro atoms. The molecule has 0 aliphatic carbocycles. The number of aliphatic hydroxyl groups excluding tert-OH is 1. The van der Waals surface area contributed by atoms with Gasteiger partial charge in [-0.15, -0.1) is 0 Å². The summed E-state index contributed by atoms with van der Waals surface area (Å²) >= 11 is 0. The number of carbonyl (C=O) groups excluding carboxylic acids is 4. The fourth-order valence-corrected chi connectivity index (χ4v) is 11.4. The highest BCUT2D eigenvalue weighted by Gasteiger charge is 2.30. The van der Waals surface area contributed by atoms with Crippen molar-refractivity contribution in [3.63, 3.8) is 0 Å². The number of hydrogen-bond donors (Lipinski definition) is 3. The molecule has 0 heterocycles. The number of allylic oxidation sites excluding steroid dienone is 21. The third-order valence-electron chi connectivity index (χ3n) is 15.6. The van der Waals surface area contributed by atoms with Crippen LogP contribution >= 0.6 is 15.6 Å². The van der Waals surface area contributed by atoms with E-state index in [0.717, 1.165) is 173 Å². The van der Waals surface area contributed by atoms with Crippen LogP contribution in [0.1, 0.15) is 297 Å². The molecule has 17 nitrogen and oxygen atoms in total. The molecule has 0 saturated heterocycles. The van der Waals surface area contributed by atoms with Crippen molar-refractivity contribution in [1.82, 2.24) is 0 Å². The van der Waals surface area contributed by atoms with Crippen LogP contribution in [-0.4, -0.2) is 96.7 Å². The molecule has 0 bridgehead atoms. The standard InChI is InChI=1S/C81H136O17P2/c1-5-9-13-17-21-25-29-33-36-37-40-43-46-50-54-58-62-66-79(84)92-71-76(97-80(85)67-63-59-55-51-47-41-32-28-24-20-16-12-8-4)73-95-99(87,88)93-69-75(82)70-94-100(89,90)96-74-77(98-81(86)68-64-60-56-52-48-44-39-35-31-27-23-19-15-11-7-3)72-91-78(83)65-61-57-53-49-45-42-38-34-30-26-22-18-14-10-6-2/h9-10,13-14,21-23,25-28,32-36,38-39,45,49,57,61,75-77,82H,5-8,11-12,15-20,24,29-31,37,40-44,46-48,50-56,58-60,62-74H2,1-4H3,(H,87,88)(H,89,90)/b13-9-,14-10-,25-21-,26-22-,27-23-,32-28-,36-33-,38-34-,39-35-,49-45-,61-57-. The van der Waals surface area contributed by atoms with Gasteiger partial charge in [-0.2, -0.15) is 0 Å². The molecule has 5 atom stereocenters. The van der Waals surface area contributed by atoms with Crippen LogP contribution in [0.25, 0.3) is 0 Å². The van der Waals surface area contributed by atoms with Crippen LogP contribution in [0, 0.1) is 0 Å². The van der Waals surface area contributed by atoms with Gasteiger partial charge in [-0.1, -0.05) is 264 Å². The van der Waals surface area contributed by atoms with Gasteiger partial charge in [0.05, 0.1) is 32.8 Å². The minimum absolute atomic E-state index is 0.0565. The molecular formula is C81H136O17P2. The predicted molar refractivity (Wildman–Crippen MR) is 408 cm³/mol. The summed E-state index contributed by atoms with van der Waals surface area (Å²) in [6, 6.07) is 0. The highest BCUT2D eigenvalue weighted by molar-refractivity contribution is 7.47. The van der Waals surface area contributed by atoms with E-state index in [1.807, 2.05) is 18.2 Å². The van der Waals surface area contributed by atoms with Gasteiger partial charge in [0.1, 0.15) is 19.3 Å². The van der Waals surface area contributed by atoms with Crippen molar-refractivity contribution >= 4 is 39.5 Å². The number of aliphatic hydroxyl groups is 1. The van der Waals surface area contributed by atoms with Crippen molar-refractivity contribution in [2.75, 3.05) is 39.6 Å². The zero-order valence-corrected chi connectivity index (χ0v) is 64.1. The number of phosphoric ester groups is 2. The van der Waals surface area contributed by atoms with Crippen LogP contribution in [0.3, 0.4) is 0 Å². The van der Waals surface area contributed by atoms with Gasteiger partial charge in [0.2, 0.25) is 0 Å². The second kappa shape index (κ2) is 72.5. The van der Waals surface area contributed by atoms with E-state index >= 15 is 0 Å². The summed E-state index contributed by atoms with van der Waals surface area (Å²) < 4.78 is 68.3. The van der Waals surface area contributed by atoms with E-state index in [1.54, 1.807) is 6.08 Å². The second-order valence-electron chi connectivity index (χ2n) is 25.2. The van der Waals surface area contributed by atoms with Crippen molar-refractivity contribution in [3.05, 3.63) is 134 Å². The Bertz CT molecular complexity index is 2420. The van der Waals surface area contributed by atoms with Crippen LogP contribution in [0.2, 0.25) is 0 Å². The first-order valence-electron chi connectivity index (χ1n) is 38.4. The van der Waals surface area contributed by atoms with Gasteiger partial charge in [0.15, 0.2) is 12.2 Å². The molecule has 3 N–H and O–H groups in total. The SMILES string of the molecule is CC/C=C\C/C=C\C/C=C\C/C=C\C/C=C\CC(=O)OCC(COP(=O)(O)OCC(O)COP(=O)(O)OCC(COC(=O)CCCCCCCCC/C=C\C/C=C\C/C=C\CC)OC(=O)CCCCCCC/C=C\CCCCCC)OC(=O)CCCCCCC/C=C\C/C=C\CCCCC. The zero-order valence-electron chi connectivity index (χ0n) is 62.3. The number of phosphoric acid groups is 2. The third-order valence-corrected chi connectivity index (χ3v) is 17.5. The van der Waals surface area contributed by atoms with Gasteiger partial charge < -0.3 is 33.8 Å². The summed E-state index contributed by atoms with van der Waals surface area (Å²) in [5.41, 5.74) is 0. The molecule has 0 fully saturated rings. The largest absolute Gasteiger partial charge is 0.472 e. The maximum absolute atomic E-state index is 13.1. The molecule has 0 aliphatic rings. The molecule has 0 radical (unpaired) electrons. The smallest absolute Gasteiger partial charge is 0.462 e. The van der Waals surface area contributed by atoms with E-state index in [1.165, 1.54) is 44.9 Å².